The molecule has 0 saturated carbocycles. The zero-order valence-electron chi connectivity index (χ0n) is 12.8. The van der Waals surface area contributed by atoms with E-state index in [1.54, 1.807) is 18.2 Å². The Hall–Kier alpha value is -2.37. The molecule has 1 aliphatic rings. The average molecular weight is 304 g/mol. The molecule has 2 amide bonds. The van der Waals surface area contributed by atoms with Crippen LogP contribution in [0.2, 0.25) is 0 Å². The molecule has 1 aromatic rings. The number of ketones is 1. The smallest absolute Gasteiger partial charge is 0.262 e. The molecular weight excluding hydrogens is 284 g/mol. The maximum atomic E-state index is 12.1. The van der Waals surface area contributed by atoms with Crippen LogP contribution in [-0.2, 0) is 9.59 Å². The summed E-state index contributed by atoms with van der Waals surface area (Å²) in [6.07, 6.45) is 1.14. The highest BCUT2D eigenvalue weighted by Crippen LogP contribution is 2.28. The number of benzene rings is 1. The molecule has 22 heavy (non-hydrogen) atoms. The molecule has 1 aliphatic heterocycles. The summed E-state index contributed by atoms with van der Waals surface area (Å²) in [4.78, 5) is 35.1. The first-order valence-corrected chi connectivity index (χ1v) is 7.39. The van der Waals surface area contributed by atoms with Crippen molar-refractivity contribution < 1.29 is 19.1 Å². The quantitative estimate of drug-likeness (QED) is 0.786. The molecule has 1 heterocycles. The molecule has 1 atom stereocenters. The van der Waals surface area contributed by atoms with Gasteiger partial charge in [-0.1, -0.05) is 6.92 Å². The molecule has 0 radical (unpaired) electrons. The third-order valence-corrected chi connectivity index (χ3v) is 3.53. The van der Waals surface area contributed by atoms with Crippen LogP contribution < -0.4 is 15.4 Å². The summed E-state index contributed by atoms with van der Waals surface area (Å²) in [5, 5.41) is 5.48. The van der Waals surface area contributed by atoms with E-state index in [2.05, 4.69) is 10.6 Å². The van der Waals surface area contributed by atoms with Gasteiger partial charge < -0.3 is 15.4 Å². The second-order valence-corrected chi connectivity index (χ2v) is 5.35. The molecule has 0 fully saturated rings. The van der Waals surface area contributed by atoms with Gasteiger partial charge in [-0.05, 0) is 31.5 Å². The summed E-state index contributed by atoms with van der Waals surface area (Å²) in [5.41, 5.74) is 0.951. The molecule has 1 aromatic carbocycles. The van der Waals surface area contributed by atoms with Crippen LogP contribution in [0.1, 0.15) is 43.5 Å². The molecule has 6 heteroatoms. The monoisotopic (exact) mass is 304 g/mol. The predicted octanol–water partition coefficient (Wildman–Crippen LogP) is 1.90. The van der Waals surface area contributed by atoms with Crippen LogP contribution in [0.25, 0.3) is 0 Å². The van der Waals surface area contributed by atoms with Crippen LogP contribution in [0, 0.1) is 0 Å². The molecule has 0 aromatic heterocycles. The van der Waals surface area contributed by atoms with Gasteiger partial charge in [0.25, 0.3) is 5.91 Å². The number of nitrogens with one attached hydrogen (secondary N) is 2. The van der Waals surface area contributed by atoms with Gasteiger partial charge in [0.15, 0.2) is 12.4 Å². The van der Waals surface area contributed by atoms with E-state index in [0.717, 1.165) is 6.42 Å². The van der Waals surface area contributed by atoms with E-state index in [1.165, 1.54) is 0 Å². The summed E-state index contributed by atoms with van der Waals surface area (Å²) in [5.74, 6) is 0.0370. The SMILES string of the molecule is CCC(C)NC(=O)CCC(=O)c1ccc2c(c1)NC(=O)CO2. The van der Waals surface area contributed by atoms with Crippen molar-refractivity contribution in [2.75, 3.05) is 11.9 Å². The van der Waals surface area contributed by atoms with Gasteiger partial charge >= 0.3 is 0 Å². The molecule has 0 aliphatic carbocycles. The number of hydrogen-bond acceptors (Lipinski definition) is 4. The minimum Gasteiger partial charge on any atom is -0.482 e. The first-order chi connectivity index (χ1) is 10.5. The van der Waals surface area contributed by atoms with Crippen molar-refractivity contribution in [1.82, 2.24) is 5.32 Å². The molecule has 1 unspecified atom stereocenters. The third-order valence-electron chi connectivity index (χ3n) is 3.53. The van der Waals surface area contributed by atoms with E-state index < -0.39 is 0 Å². The maximum Gasteiger partial charge on any atom is 0.262 e. The molecular formula is C16H20N2O4. The lowest BCUT2D eigenvalue weighted by atomic mass is 10.0. The number of amides is 2. The number of fused-ring (bicyclic) bond motifs is 1. The van der Waals surface area contributed by atoms with Gasteiger partial charge in [0.05, 0.1) is 5.69 Å². The fourth-order valence-electron chi connectivity index (χ4n) is 2.08. The third kappa shape index (κ3) is 4.07. The van der Waals surface area contributed by atoms with E-state index in [1.807, 2.05) is 13.8 Å². The molecule has 0 bridgehead atoms. The Morgan fingerprint density at radius 1 is 1.36 bits per heavy atom. The largest absolute Gasteiger partial charge is 0.482 e. The van der Waals surface area contributed by atoms with Gasteiger partial charge in [0.1, 0.15) is 5.75 Å². The highest BCUT2D eigenvalue weighted by atomic mass is 16.5. The van der Waals surface area contributed by atoms with Gasteiger partial charge in [0, 0.05) is 24.4 Å². The highest BCUT2D eigenvalue weighted by Gasteiger charge is 2.18. The van der Waals surface area contributed by atoms with Crippen molar-refractivity contribution in [3.63, 3.8) is 0 Å². The normalized spacial score (nSPS) is 14.4. The molecule has 6 nitrogen and oxygen atoms in total. The summed E-state index contributed by atoms with van der Waals surface area (Å²) in [7, 11) is 0. The number of Topliss-reactive ketones (excluding diaryl/α,β-unsaturated/α-hetero) is 1. The molecule has 2 N–H and O–H groups in total. The second kappa shape index (κ2) is 7.06. The first kappa shape index (κ1) is 16.0. The Bertz CT molecular complexity index is 598. The van der Waals surface area contributed by atoms with Crippen LogP contribution >= 0.6 is 0 Å². The van der Waals surface area contributed by atoms with Crippen LogP contribution in [0.5, 0.6) is 5.75 Å². The highest BCUT2D eigenvalue weighted by molar-refractivity contribution is 6.01. The number of carbonyl (C=O) groups excluding carboxylic acids is 3. The van der Waals surface area contributed by atoms with Crippen molar-refractivity contribution in [1.29, 1.82) is 0 Å². The Balaban J connectivity index is 1.94. The lowest BCUT2D eigenvalue weighted by molar-refractivity contribution is -0.121. The van der Waals surface area contributed by atoms with E-state index in [4.69, 9.17) is 4.74 Å². The summed E-state index contributed by atoms with van der Waals surface area (Å²) in [6, 6.07) is 4.99. The van der Waals surface area contributed by atoms with Crippen molar-refractivity contribution in [3.8, 4) is 5.75 Å². The zero-order chi connectivity index (χ0) is 16.1. The van der Waals surface area contributed by atoms with Crippen molar-refractivity contribution in [2.24, 2.45) is 0 Å². The van der Waals surface area contributed by atoms with Crippen molar-refractivity contribution in [2.45, 2.75) is 39.2 Å². The van der Waals surface area contributed by atoms with E-state index in [9.17, 15) is 14.4 Å². The topological polar surface area (TPSA) is 84.5 Å². The van der Waals surface area contributed by atoms with Gasteiger partial charge in [-0.2, -0.15) is 0 Å². The second-order valence-electron chi connectivity index (χ2n) is 5.35. The maximum absolute atomic E-state index is 12.1. The van der Waals surface area contributed by atoms with Crippen LogP contribution in [0.15, 0.2) is 18.2 Å². The number of anilines is 1. The molecule has 0 saturated heterocycles. The standard InChI is InChI=1S/C16H20N2O4/c1-3-10(2)17-15(20)7-5-13(19)11-4-6-14-12(8-11)18-16(21)9-22-14/h4,6,8,10H,3,5,7,9H2,1-2H3,(H,17,20)(H,18,21). The van der Waals surface area contributed by atoms with Crippen LogP contribution in [0.3, 0.4) is 0 Å². The van der Waals surface area contributed by atoms with E-state index in [0.29, 0.717) is 17.0 Å². The number of ether oxygens (including phenoxy) is 1. The van der Waals surface area contributed by atoms with Crippen LogP contribution in [-0.4, -0.2) is 30.2 Å². The van der Waals surface area contributed by atoms with Crippen molar-refractivity contribution in [3.05, 3.63) is 23.8 Å². The Morgan fingerprint density at radius 3 is 2.86 bits per heavy atom. The minimum absolute atomic E-state index is 0.0178. The fourth-order valence-corrected chi connectivity index (χ4v) is 2.08. The summed E-state index contributed by atoms with van der Waals surface area (Å²) < 4.78 is 5.24. The Labute approximate surface area is 129 Å². The predicted molar refractivity (Wildman–Crippen MR) is 82.0 cm³/mol. The number of carbonyl (C=O) groups is 3. The lowest BCUT2D eigenvalue weighted by Gasteiger charge is -2.18. The molecule has 2 rings (SSSR count). The zero-order valence-corrected chi connectivity index (χ0v) is 12.8. The van der Waals surface area contributed by atoms with Gasteiger partial charge in [-0.15, -0.1) is 0 Å². The van der Waals surface area contributed by atoms with Gasteiger partial charge in [-0.3, -0.25) is 14.4 Å². The Kier molecular flexibility index (Phi) is 5.14. The minimum atomic E-state index is -0.245. The van der Waals surface area contributed by atoms with Gasteiger partial charge in [-0.25, -0.2) is 0 Å². The van der Waals surface area contributed by atoms with Crippen molar-refractivity contribution >= 4 is 23.3 Å². The first-order valence-electron chi connectivity index (χ1n) is 7.39. The summed E-state index contributed by atoms with van der Waals surface area (Å²) in [6.45, 7) is 3.89. The fraction of sp³-hybridized carbons (Fsp3) is 0.438. The summed E-state index contributed by atoms with van der Waals surface area (Å²) >= 11 is 0. The molecule has 118 valence electrons. The van der Waals surface area contributed by atoms with Crippen LogP contribution in [0.4, 0.5) is 5.69 Å². The number of rotatable bonds is 6. The van der Waals surface area contributed by atoms with Gasteiger partial charge in [0.2, 0.25) is 5.91 Å². The average Bonchev–Trinajstić information content (AvgIpc) is 2.51. The van der Waals surface area contributed by atoms with E-state index in [-0.39, 0.29) is 43.1 Å². The van der Waals surface area contributed by atoms with E-state index >= 15 is 0 Å². The lowest BCUT2D eigenvalue weighted by Crippen LogP contribution is -2.32. The number of hydrogen-bond donors (Lipinski definition) is 2. The molecule has 0 spiro atoms. The Morgan fingerprint density at radius 2 is 2.14 bits per heavy atom.